The Bertz CT molecular complexity index is 1170. The summed E-state index contributed by atoms with van der Waals surface area (Å²) in [6, 6.07) is 5.69. The summed E-state index contributed by atoms with van der Waals surface area (Å²) in [5.74, 6) is 0.814. The molecule has 1 aromatic carbocycles. The minimum absolute atomic E-state index is 0.173. The Kier molecular flexibility index (Phi) is 7.29. The van der Waals surface area contributed by atoms with E-state index < -0.39 is 5.25 Å². The van der Waals surface area contributed by atoms with Gasteiger partial charge in [-0.15, -0.1) is 11.3 Å². The van der Waals surface area contributed by atoms with Crippen LogP contribution in [0.25, 0.3) is 11.0 Å². The summed E-state index contributed by atoms with van der Waals surface area (Å²) in [4.78, 5) is 34.7. The Morgan fingerprint density at radius 1 is 1.33 bits per heavy atom. The molecule has 1 amide bonds. The van der Waals surface area contributed by atoms with Crippen LogP contribution in [-0.2, 0) is 22.4 Å². The van der Waals surface area contributed by atoms with E-state index in [0.29, 0.717) is 34.9 Å². The second kappa shape index (κ2) is 10.2. The first kappa shape index (κ1) is 23.6. The van der Waals surface area contributed by atoms with Gasteiger partial charge in [0.2, 0.25) is 5.91 Å². The fraction of sp³-hybridized carbons (Fsp3) is 0.458. The van der Waals surface area contributed by atoms with Gasteiger partial charge in [-0.1, -0.05) is 18.7 Å². The number of hydrogen-bond acceptors (Lipinski definition) is 7. The molecule has 9 heteroatoms. The summed E-state index contributed by atoms with van der Waals surface area (Å²) >= 11 is 2.85. The molecule has 2 N–H and O–H groups in total. The quantitative estimate of drug-likeness (QED) is 0.324. The Hall–Kier alpha value is -2.52. The lowest BCUT2D eigenvalue weighted by molar-refractivity contribution is -0.115. The zero-order valence-corrected chi connectivity index (χ0v) is 21.0. The summed E-state index contributed by atoms with van der Waals surface area (Å²) in [5.41, 5.74) is 3.25. The van der Waals surface area contributed by atoms with E-state index in [0.717, 1.165) is 41.6 Å². The number of hydrogen-bond donors (Lipinski definition) is 2. The zero-order valence-electron chi connectivity index (χ0n) is 19.3. The van der Waals surface area contributed by atoms with Gasteiger partial charge in [0.1, 0.15) is 10.8 Å². The molecule has 33 heavy (non-hydrogen) atoms. The van der Waals surface area contributed by atoms with Gasteiger partial charge in [0.05, 0.1) is 35.1 Å². The predicted octanol–water partition coefficient (Wildman–Crippen LogP) is 5.44. The number of imidazole rings is 1. The maximum Gasteiger partial charge on any atom is 0.341 e. The van der Waals surface area contributed by atoms with Gasteiger partial charge < -0.3 is 19.8 Å². The highest BCUT2D eigenvalue weighted by Gasteiger charge is 2.30. The minimum atomic E-state index is -0.412. The van der Waals surface area contributed by atoms with Crippen LogP contribution in [0.3, 0.4) is 0 Å². The predicted molar refractivity (Wildman–Crippen MR) is 133 cm³/mol. The van der Waals surface area contributed by atoms with Crippen LogP contribution in [0.4, 0.5) is 5.00 Å². The van der Waals surface area contributed by atoms with E-state index in [4.69, 9.17) is 9.47 Å². The van der Waals surface area contributed by atoms with Gasteiger partial charge in [-0.3, -0.25) is 4.79 Å². The van der Waals surface area contributed by atoms with Crippen molar-refractivity contribution in [1.29, 1.82) is 0 Å². The Morgan fingerprint density at radius 2 is 2.15 bits per heavy atom. The van der Waals surface area contributed by atoms with E-state index in [2.05, 4.69) is 22.2 Å². The standard InChI is InChI=1S/C24H29N3O4S2/c1-5-30-15-8-10-17-18(12-15)26-24(25-17)32-14(4)21(28)27-22-20(23(29)31-6-2)16-9-7-13(3)11-19(16)33-22/h8,10,12-14H,5-7,9,11H2,1-4H3,(H,25,26)(H,27,28)/t13-,14-/m1/s1. The number of thioether (sulfide) groups is 1. The number of esters is 1. The van der Waals surface area contributed by atoms with Crippen LogP contribution in [0, 0.1) is 5.92 Å². The molecule has 2 aromatic heterocycles. The third kappa shape index (κ3) is 5.19. The Morgan fingerprint density at radius 3 is 2.91 bits per heavy atom. The molecule has 1 aliphatic rings. The molecule has 0 spiro atoms. The molecular weight excluding hydrogens is 458 g/mol. The lowest BCUT2D eigenvalue weighted by atomic mass is 9.88. The molecule has 2 atom stereocenters. The third-order valence-electron chi connectivity index (χ3n) is 5.63. The molecule has 0 unspecified atom stereocenters. The molecule has 176 valence electrons. The van der Waals surface area contributed by atoms with Crippen molar-refractivity contribution in [2.75, 3.05) is 18.5 Å². The van der Waals surface area contributed by atoms with Crippen LogP contribution in [0.2, 0.25) is 0 Å². The van der Waals surface area contributed by atoms with E-state index in [-0.39, 0.29) is 11.9 Å². The molecule has 0 bridgehead atoms. The topological polar surface area (TPSA) is 93.3 Å². The van der Waals surface area contributed by atoms with Gasteiger partial charge in [-0.05, 0) is 63.6 Å². The number of anilines is 1. The van der Waals surface area contributed by atoms with Crippen LogP contribution in [0.5, 0.6) is 5.75 Å². The number of nitrogens with one attached hydrogen (secondary N) is 2. The van der Waals surface area contributed by atoms with Gasteiger partial charge in [0.25, 0.3) is 0 Å². The van der Waals surface area contributed by atoms with Crippen LogP contribution in [0.15, 0.2) is 23.4 Å². The van der Waals surface area contributed by atoms with E-state index in [1.165, 1.54) is 28.0 Å². The average molecular weight is 488 g/mol. The van der Waals surface area contributed by atoms with Crippen LogP contribution in [-0.4, -0.2) is 40.3 Å². The summed E-state index contributed by atoms with van der Waals surface area (Å²) in [6.45, 7) is 8.68. The van der Waals surface area contributed by atoms with Gasteiger partial charge in [0, 0.05) is 10.9 Å². The molecule has 0 aliphatic heterocycles. The number of ether oxygens (including phenoxy) is 2. The van der Waals surface area contributed by atoms with E-state index in [9.17, 15) is 9.59 Å². The normalized spacial score (nSPS) is 16.3. The molecule has 0 saturated heterocycles. The number of carbonyl (C=O) groups excluding carboxylic acids is 2. The number of H-pyrrole nitrogens is 1. The van der Waals surface area contributed by atoms with Crippen molar-refractivity contribution in [2.24, 2.45) is 5.92 Å². The van der Waals surface area contributed by atoms with Crippen LogP contribution < -0.4 is 10.1 Å². The smallest absolute Gasteiger partial charge is 0.341 e. The lowest BCUT2D eigenvalue weighted by Crippen LogP contribution is -2.23. The van der Waals surface area contributed by atoms with Crippen LogP contribution in [0.1, 0.15) is 54.9 Å². The molecule has 7 nitrogen and oxygen atoms in total. The molecule has 1 aliphatic carbocycles. The first-order chi connectivity index (χ1) is 15.9. The molecule has 4 rings (SSSR count). The second-order valence-electron chi connectivity index (χ2n) is 8.18. The maximum absolute atomic E-state index is 13.0. The summed E-state index contributed by atoms with van der Waals surface area (Å²) in [7, 11) is 0. The van der Waals surface area contributed by atoms with Gasteiger partial charge in [0.15, 0.2) is 5.16 Å². The monoisotopic (exact) mass is 487 g/mol. The van der Waals surface area contributed by atoms with Crippen molar-refractivity contribution in [2.45, 2.75) is 57.4 Å². The third-order valence-corrected chi connectivity index (χ3v) is 7.78. The van der Waals surface area contributed by atoms with Crippen molar-refractivity contribution in [3.63, 3.8) is 0 Å². The summed E-state index contributed by atoms with van der Waals surface area (Å²) in [5, 5.41) is 3.84. The first-order valence-electron chi connectivity index (χ1n) is 11.3. The Labute approximate surface area is 201 Å². The zero-order chi connectivity index (χ0) is 23.5. The molecule has 0 radical (unpaired) electrons. The second-order valence-corrected chi connectivity index (χ2v) is 10.6. The van der Waals surface area contributed by atoms with Gasteiger partial charge in [-0.2, -0.15) is 0 Å². The van der Waals surface area contributed by atoms with E-state index in [1.54, 1.807) is 6.92 Å². The highest BCUT2D eigenvalue weighted by molar-refractivity contribution is 8.00. The molecule has 2 heterocycles. The highest BCUT2D eigenvalue weighted by atomic mass is 32.2. The molecule has 0 fully saturated rings. The van der Waals surface area contributed by atoms with E-state index >= 15 is 0 Å². The van der Waals surface area contributed by atoms with Crippen LogP contribution >= 0.6 is 23.1 Å². The first-order valence-corrected chi connectivity index (χ1v) is 13.0. The molecule has 3 aromatic rings. The van der Waals surface area contributed by atoms with Crippen molar-refractivity contribution in [3.05, 3.63) is 34.2 Å². The number of aromatic nitrogens is 2. The number of fused-ring (bicyclic) bond motifs is 2. The van der Waals surface area contributed by atoms with Crippen molar-refractivity contribution in [1.82, 2.24) is 9.97 Å². The number of nitrogens with zero attached hydrogens (tertiary/aromatic N) is 1. The maximum atomic E-state index is 13.0. The van der Waals surface area contributed by atoms with Crippen molar-refractivity contribution in [3.8, 4) is 5.75 Å². The summed E-state index contributed by atoms with van der Waals surface area (Å²) in [6.07, 6.45) is 2.80. The fourth-order valence-electron chi connectivity index (χ4n) is 3.97. The minimum Gasteiger partial charge on any atom is -0.494 e. The van der Waals surface area contributed by atoms with Crippen molar-refractivity contribution >= 4 is 51.0 Å². The fourth-order valence-corrected chi connectivity index (χ4v) is 6.19. The molecular formula is C24H29N3O4S2. The largest absolute Gasteiger partial charge is 0.494 e. The number of aromatic amines is 1. The highest BCUT2D eigenvalue weighted by Crippen LogP contribution is 2.40. The number of thiophene rings is 1. The lowest BCUT2D eigenvalue weighted by Gasteiger charge is -2.18. The SMILES string of the molecule is CCOC(=O)c1c(NC(=O)[C@@H](C)Sc2nc3ccc(OCC)cc3[nH]2)sc2c1CC[C@@H](C)C2. The number of carbonyl (C=O) groups is 2. The van der Waals surface area contributed by atoms with Gasteiger partial charge >= 0.3 is 5.97 Å². The average Bonchev–Trinajstić information content (AvgIpc) is 3.33. The number of rotatable bonds is 8. The number of benzene rings is 1. The molecule has 0 saturated carbocycles. The van der Waals surface area contributed by atoms with E-state index in [1.807, 2.05) is 32.0 Å². The van der Waals surface area contributed by atoms with Gasteiger partial charge in [-0.25, -0.2) is 9.78 Å². The van der Waals surface area contributed by atoms with Crippen molar-refractivity contribution < 1.29 is 19.1 Å². The summed E-state index contributed by atoms with van der Waals surface area (Å²) < 4.78 is 10.8. The Balaban J connectivity index is 1.51. The number of amides is 1.